The first kappa shape index (κ1) is 12.4. The zero-order chi connectivity index (χ0) is 11.3. The third-order valence-corrected chi connectivity index (χ3v) is 4.19. The van der Waals surface area contributed by atoms with Gasteiger partial charge in [-0.05, 0) is 6.42 Å². The molecule has 0 saturated carbocycles. The van der Waals surface area contributed by atoms with Gasteiger partial charge in [-0.25, -0.2) is 8.42 Å². The SMILES string of the molecule is CCCCCCS(=O)(=O)c1nsc(N)n1. The number of unbranched alkanes of at least 4 members (excludes halogenated alkanes) is 3. The Balaban J connectivity index is 2.53. The van der Waals surface area contributed by atoms with Crippen LogP contribution in [0, 0.1) is 0 Å². The summed E-state index contributed by atoms with van der Waals surface area (Å²) >= 11 is 0.912. The van der Waals surface area contributed by atoms with E-state index in [4.69, 9.17) is 5.73 Å². The minimum absolute atomic E-state index is 0.114. The molecule has 5 nitrogen and oxygen atoms in total. The number of hydrogen-bond donors (Lipinski definition) is 1. The molecule has 0 unspecified atom stereocenters. The maximum absolute atomic E-state index is 11.6. The topological polar surface area (TPSA) is 85.9 Å². The summed E-state index contributed by atoms with van der Waals surface area (Å²) in [6, 6.07) is 0. The van der Waals surface area contributed by atoms with Crippen molar-refractivity contribution in [1.82, 2.24) is 9.36 Å². The molecule has 1 heterocycles. The average molecular weight is 249 g/mol. The number of aromatic nitrogens is 2. The molecule has 0 aliphatic rings. The van der Waals surface area contributed by atoms with E-state index in [0.29, 0.717) is 6.42 Å². The molecular formula is C8H15N3O2S2. The predicted molar refractivity (Wildman–Crippen MR) is 60.5 cm³/mol. The molecule has 0 aliphatic heterocycles. The Labute approximate surface area is 93.8 Å². The van der Waals surface area contributed by atoms with E-state index in [-0.39, 0.29) is 16.0 Å². The van der Waals surface area contributed by atoms with Gasteiger partial charge in [0, 0.05) is 11.5 Å². The summed E-state index contributed by atoms with van der Waals surface area (Å²) in [5, 5.41) is 0.0728. The lowest BCUT2D eigenvalue weighted by Crippen LogP contribution is -2.08. The summed E-state index contributed by atoms with van der Waals surface area (Å²) < 4.78 is 27.0. The summed E-state index contributed by atoms with van der Waals surface area (Å²) in [6.07, 6.45) is 3.73. The van der Waals surface area contributed by atoms with Crippen molar-refractivity contribution >= 4 is 26.5 Å². The Morgan fingerprint density at radius 3 is 2.60 bits per heavy atom. The van der Waals surface area contributed by atoms with Crippen molar-refractivity contribution in [2.75, 3.05) is 11.5 Å². The number of nitrogen functional groups attached to an aromatic ring is 1. The molecule has 1 rings (SSSR count). The largest absolute Gasteiger partial charge is 0.374 e. The van der Waals surface area contributed by atoms with Gasteiger partial charge in [0.15, 0.2) is 0 Å². The van der Waals surface area contributed by atoms with E-state index in [9.17, 15) is 8.42 Å². The van der Waals surface area contributed by atoms with Gasteiger partial charge in [0.25, 0.3) is 5.16 Å². The molecule has 0 aromatic carbocycles. The molecule has 0 spiro atoms. The molecule has 1 aromatic heterocycles. The summed E-state index contributed by atoms with van der Waals surface area (Å²) in [5.41, 5.74) is 5.33. The summed E-state index contributed by atoms with van der Waals surface area (Å²) in [5.74, 6) is 0.114. The van der Waals surface area contributed by atoms with Crippen LogP contribution < -0.4 is 5.73 Å². The van der Waals surface area contributed by atoms with Gasteiger partial charge in [0.2, 0.25) is 15.0 Å². The van der Waals surface area contributed by atoms with Crippen molar-refractivity contribution in [1.29, 1.82) is 0 Å². The Hall–Kier alpha value is -0.690. The predicted octanol–water partition coefficient (Wildman–Crippen LogP) is 1.47. The van der Waals surface area contributed by atoms with Crippen LogP contribution in [0.25, 0.3) is 0 Å². The molecule has 0 atom stereocenters. The Morgan fingerprint density at radius 2 is 2.07 bits per heavy atom. The van der Waals surface area contributed by atoms with Gasteiger partial charge in [-0.1, -0.05) is 26.2 Å². The van der Waals surface area contributed by atoms with Gasteiger partial charge in [-0.2, -0.15) is 9.36 Å². The molecular weight excluding hydrogens is 234 g/mol. The first-order chi connectivity index (χ1) is 7.06. The monoisotopic (exact) mass is 249 g/mol. The normalized spacial score (nSPS) is 11.8. The van der Waals surface area contributed by atoms with E-state index in [2.05, 4.69) is 16.3 Å². The fourth-order valence-electron chi connectivity index (χ4n) is 1.16. The van der Waals surface area contributed by atoms with Gasteiger partial charge in [-0.15, -0.1) is 0 Å². The number of nitrogens with two attached hydrogens (primary N) is 1. The molecule has 0 amide bonds. The van der Waals surface area contributed by atoms with Crippen molar-refractivity contribution in [2.45, 2.75) is 37.8 Å². The lowest BCUT2D eigenvalue weighted by Gasteiger charge is -1.99. The van der Waals surface area contributed by atoms with Crippen LogP contribution >= 0.6 is 11.5 Å². The Kier molecular flexibility index (Phi) is 4.46. The summed E-state index contributed by atoms with van der Waals surface area (Å²) in [4.78, 5) is 3.68. The third kappa shape index (κ3) is 3.75. The third-order valence-electron chi connectivity index (χ3n) is 1.97. The standard InChI is InChI=1S/C8H15N3O2S2/c1-2-3-4-5-6-15(12,13)8-10-7(9)14-11-8/h2-6H2,1H3,(H2,9,10,11). The van der Waals surface area contributed by atoms with Crippen LogP contribution in [0.3, 0.4) is 0 Å². The van der Waals surface area contributed by atoms with E-state index < -0.39 is 9.84 Å². The van der Waals surface area contributed by atoms with E-state index in [1.807, 2.05) is 0 Å². The molecule has 86 valence electrons. The molecule has 0 bridgehead atoms. The fraction of sp³-hybridized carbons (Fsp3) is 0.750. The van der Waals surface area contributed by atoms with Crippen molar-refractivity contribution in [3.8, 4) is 0 Å². The maximum atomic E-state index is 11.6. The first-order valence-electron chi connectivity index (χ1n) is 4.88. The second-order valence-electron chi connectivity index (χ2n) is 3.29. The number of sulfone groups is 1. The van der Waals surface area contributed by atoms with Crippen molar-refractivity contribution in [3.63, 3.8) is 0 Å². The molecule has 2 N–H and O–H groups in total. The van der Waals surface area contributed by atoms with E-state index in [1.165, 1.54) is 0 Å². The van der Waals surface area contributed by atoms with E-state index >= 15 is 0 Å². The molecule has 15 heavy (non-hydrogen) atoms. The first-order valence-corrected chi connectivity index (χ1v) is 7.31. The number of hydrogen-bond acceptors (Lipinski definition) is 6. The highest BCUT2D eigenvalue weighted by molar-refractivity contribution is 7.91. The lowest BCUT2D eigenvalue weighted by molar-refractivity contribution is 0.582. The highest BCUT2D eigenvalue weighted by atomic mass is 32.2. The second-order valence-corrected chi connectivity index (χ2v) is 6.08. The highest BCUT2D eigenvalue weighted by Crippen LogP contribution is 2.14. The maximum Gasteiger partial charge on any atom is 0.260 e. The Morgan fingerprint density at radius 1 is 1.33 bits per heavy atom. The zero-order valence-corrected chi connectivity index (χ0v) is 10.3. The molecule has 0 fully saturated rings. The van der Waals surface area contributed by atoms with Crippen molar-refractivity contribution in [3.05, 3.63) is 0 Å². The number of nitrogens with zero attached hydrogens (tertiary/aromatic N) is 2. The average Bonchev–Trinajstić information content (AvgIpc) is 2.60. The van der Waals surface area contributed by atoms with Crippen molar-refractivity contribution < 1.29 is 8.42 Å². The quantitative estimate of drug-likeness (QED) is 0.772. The molecule has 7 heteroatoms. The van der Waals surface area contributed by atoms with Crippen LogP contribution in [0.2, 0.25) is 0 Å². The van der Waals surface area contributed by atoms with Gasteiger partial charge >= 0.3 is 0 Å². The molecule has 0 aliphatic carbocycles. The minimum atomic E-state index is -3.31. The second kappa shape index (κ2) is 5.41. The summed E-state index contributed by atoms with van der Waals surface area (Å²) in [7, 11) is -3.31. The molecule has 0 radical (unpaired) electrons. The van der Waals surface area contributed by atoms with Gasteiger partial charge in [0.05, 0.1) is 5.75 Å². The summed E-state index contributed by atoms with van der Waals surface area (Å²) in [6.45, 7) is 2.08. The van der Waals surface area contributed by atoms with Crippen molar-refractivity contribution in [2.24, 2.45) is 0 Å². The molecule has 1 aromatic rings. The highest BCUT2D eigenvalue weighted by Gasteiger charge is 2.19. The van der Waals surface area contributed by atoms with Gasteiger partial charge < -0.3 is 5.73 Å². The lowest BCUT2D eigenvalue weighted by atomic mass is 10.2. The van der Waals surface area contributed by atoms with Crippen LogP contribution in [0.1, 0.15) is 32.6 Å². The van der Waals surface area contributed by atoms with Gasteiger partial charge in [-0.3, -0.25) is 0 Å². The van der Waals surface area contributed by atoms with E-state index in [1.54, 1.807) is 0 Å². The van der Waals surface area contributed by atoms with Gasteiger partial charge in [0.1, 0.15) is 0 Å². The smallest absolute Gasteiger partial charge is 0.260 e. The van der Waals surface area contributed by atoms with Crippen LogP contribution in [0.5, 0.6) is 0 Å². The van der Waals surface area contributed by atoms with Crippen LogP contribution in [-0.4, -0.2) is 23.5 Å². The number of rotatable bonds is 6. The minimum Gasteiger partial charge on any atom is -0.374 e. The van der Waals surface area contributed by atoms with E-state index in [0.717, 1.165) is 30.8 Å². The fourth-order valence-corrected chi connectivity index (χ4v) is 3.13. The zero-order valence-electron chi connectivity index (χ0n) is 8.64. The van der Waals surface area contributed by atoms with Crippen LogP contribution in [0.4, 0.5) is 5.13 Å². The van der Waals surface area contributed by atoms with Crippen LogP contribution in [-0.2, 0) is 9.84 Å². The molecule has 0 saturated heterocycles. The number of anilines is 1. The Bertz CT molecular complexity index is 400. The van der Waals surface area contributed by atoms with Crippen LogP contribution in [0.15, 0.2) is 5.16 Å².